The molecule has 0 unspecified atom stereocenters. The average molecular weight is 270 g/mol. The molecule has 0 amide bonds. The van der Waals surface area contributed by atoms with Gasteiger partial charge in [-0.1, -0.05) is 24.3 Å². The Kier molecular flexibility index (Phi) is 4.44. The summed E-state index contributed by atoms with van der Waals surface area (Å²) in [6.07, 6.45) is 5.06. The summed E-state index contributed by atoms with van der Waals surface area (Å²) in [6, 6.07) is 7.65. The number of hydrogen-bond donors (Lipinski definition) is 1. The molecular weight excluding hydrogens is 256 g/mol. The first-order chi connectivity index (χ1) is 9.70. The van der Waals surface area contributed by atoms with E-state index in [2.05, 4.69) is 16.5 Å². The first-order valence-corrected chi connectivity index (χ1v) is 6.06. The van der Waals surface area contributed by atoms with Gasteiger partial charge in [-0.25, -0.2) is 14.8 Å². The zero-order valence-corrected chi connectivity index (χ0v) is 10.8. The largest absolute Gasteiger partial charge is 0.485 e. The number of nitrogens with zero attached hydrogens (tertiary/aromatic N) is 2. The van der Waals surface area contributed by atoms with Crippen molar-refractivity contribution >= 4 is 5.97 Å². The molecule has 2 rings (SSSR count). The van der Waals surface area contributed by atoms with Gasteiger partial charge in [-0.15, -0.1) is 6.58 Å². The summed E-state index contributed by atoms with van der Waals surface area (Å²) in [5, 5.41) is 8.76. The number of aromatic nitrogens is 2. The number of ether oxygens (including phenoxy) is 1. The van der Waals surface area contributed by atoms with Gasteiger partial charge in [0.2, 0.25) is 0 Å². The van der Waals surface area contributed by atoms with Gasteiger partial charge in [0, 0.05) is 12.4 Å². The molecule has 0 aliphatic rings. The Balaban J connectivity index is 2.05. The molecule has 1 N–H and O–H groups in total. The molecule has 0 spiro atoms. The molecule has 0 radical (unpaired) electrons. The molecule has 102 valence electrons. The van der Waals surface area contributed by atoms with Gasteiger partial charge in [0.25, 0.3) is 0 Å². The van der Waals surface area contributed by atoms with Gasteiger partial charge in [-0.2, -0.15) is 0 Å². The third-order valence-corrected chi connectivity index (χ3v) is 2.65. The minimum absolute atomic E-state index is 0.0563. The highest BCUT2D eigenvalue weighted by atomic mass is 16.5. The first kappa shape index (κ1) is 13.7. The standard InChI is InChI=1S/C15H14N2O3/c1-2-5-11-6-3-4-7-13(11)20-10-14-16-8-12(9-17-14)15(18)19/h2-4,6-9H,1,5,10H2,(H,18,19). The summed E-state index contributed by atoms with van der Waals surface area (Å²) in [7, 11) is 0. The van der Waals surface area contributed by atoms with Crippen molar-refractivity contribution in [1.82, 2.24) is 9.97 Å². The minimum atomic E-state index is -1.05. The fourth-order valence-corrected chi connectivity index (χ4v) is 1.65. The van der Waals surface area contributed by atoms with Gasteiger partial charge >= 0.3 is 5.97 Å². The van der Waals surface area contributed by atoms with E-state index >= 15 is 0 Å². The van der Waals surface area contributed by atoms with E-state index < -0.39 is 5.97 Å². The number of carbonyl (C=O) groups is 1. The van der Waals surface area contributed by atoms with Gasteiger partial charge in [0.15, 0.2) is 5.82 Å². The van der Waals surface area contributed by atoms with E-state index in [1.807, 2.05) is 24.3 Å². The lowest BCUT2D eigenvalue weighted by Gasteiger charge is -2.09. The van der Waals surface area contributed by atoms with Gasteiger partial charge in [0.05, 0.1) is 5.56 Å². The van der Waals surface area contributed by atoms with Crippen molar-refractivity contribution < 1.29 is 14.6 Å². The SMILES string of the molecule is C=CCc1ccccc1OCc1ncc(C(=O)O)cn1. The Morgan fingerprint density at radius 3 is 2.65 bits per heavy atom. The topological polar surface area (TPSA) is 72.3 Å². The lowest BCUT2D eigenvalue weighted by atomic mass is 10.1. The lowest BCUT2D eigenvalue weighted by Crippen LogP contribution is -2.05. The van der Waals surface area contributed by atoms with E-state index in [-0.39, 0.29) is 12.2 Å². The van der Waals surface area contributed by atoms with E-state index in [1.54, 1.807) is 6.08 Å². The van der Waals surface area contributed by atoms with E-state index in [0.29, 0.717) is 5.82 Å². The highest BCUT2D eigenvalue weighted by Crippen LogP contribution is 2.19. The van der Waals surface area contributed by atoms with Gasteiger partial charge < -0.3 is 9.84 Å². The minimum Gasteiger partial charge on any atom is -0.485 e. The van der Waals surface area contributed by atoms with Crippen molar-refractivity contribution in [3.63, 3.8) is 0 Å². The number of rotatable bonds is 6. The molecule has 1 aromatic carbocycles. The van der Waals surface area contributed by atoms with Crippen molar-refractivity contribution in [2.45, 2.75) is 13.0 Å². The van der Waals surface area contributed by atoms with Crippen LogP contribution in [-0.2, 0) is 13.0 Å². The van der Waals surface area contributed by atoms with Crippen LogP contribution in [0.3, 0.4) is 0 Å². The van der Waals surface area contributed by atoms with Crippen LogP contribution in [0.2, 0.25) is 0 Å². The zero-order valence-electron chi connectivity index (χ0n) is 10.8. The molecule has 2 aromatic rings. The fraction of sp³-hybridized carbons (Fsp3) is 0.133. The number of allylic oxidation sites excluding steroid dienone is 1. The van der Waals surface area contributed by atoms with Gasteiger partial charge in [-0.3, -0.25) is 0 Å². The molecule has 0 saturated carbocycles. The molecule has 0 saturated heterocycles. The molecule has 1 heterocycles. The maximum Gasteiger partial charge on any atom is 0.338 e. The van der Waals surface area contributed by atoms with Crippen LogP contribution in [0.5, 0.6) is 5.75 Å². The number of hydrogen-bond acceptors (Lipinski definition) is 4. The van der Waals surface area contributed by atoms with E-state index in [0.717, 1.165) is 17.7 Å². The highest BCUT2D eigenvalue weighted by Gasteiger charge is 2.06. The van der Waals surface area contributed by atoms with Crippen molar-refractivity contribution in [1.29, 1.82) is 0 Å². The van der Waals surface area contributed by atoms with E-state index in [1.165, 1.54) is 12.4 Å². The number of aromatic carboxylic acids is 1. The molecule has 0 atom stereocenters. The van der Waals surface area contributed by atoms with E-state index in [9.17, 15) is 4.79 Å². The smallest absolute Gasteiger partial charge is 0.338 e. The Morgan fingerprint density at radius 1 is 1.30 bits per heavy atom. The molecular formula is C15H14N2O3. The van der Waals surface area contributed by atoms with Crippen LogP contribution in [0.25, 0.3) is 0 Å². The average Bonchev–Trinajstić information content (AvgIpc) is 2.47. The lowest BCUT2D eigenvalue weighted by molar-refractivity contribution is 0.0695. The Bertz CT molecular complexity index is 609. The summed E-state index contributed by atoms with van der Waals surface area (Å²) >= 11 is 0. The van der Waals surface area contributed by atoms with Crippen LogP contribution in [0.4, 0.5) is 0 Å². The Morgan fingerprint density at radius 2 is 2.00 bits per heavy atom. The van der Waals surface area contributed by atoms with Crippen LogP contribution in [0, 0.1) is 0 Å². The Hall–Kier alpha value is -2.69. The number of benzene rings is 1. The predicted octanol–water partition coefficient (Wildman–Crippen LogP) is 2.48. The van der Waals surface area contributed by atoms with Gasteiger partial charge in [0.1, 0.15) is 12.4 Å². The van der Waals surface area contributed by atoms with Crippen LogP contribution >= 0.6 is 0 Å². The second-order valence-electron chi connectivity index (χ2n) is 4.08. The number of para-hydroxylation sites is 1. The molecule has 0 aliphatic heterocycles. The molecule has 0 aliphatic carbocycles. The number of carboxylic acids is 1. The second-order valence-corrected chi connectivity index (χ2v) is 4.08. The fourth-order valence-electron chi connectivity index (χ4n) is 1.65. The normalized spacial score (nSPS) is 10.0. The molecule has 0 bridgehead atoms. The third-order valence-electron chi connectivity index (χ3n) is 2.65. The first-order valence-electron chi connectivity index (χ1n) is 6.06. The summed E-state index contributed by atoms with van der Waals surface area (Å²) in [5.41, 5.74) is 1.09. The maximum atomic E-state index is 10.7. The molecule has 20 heavy (non-hydrogen) atoms. The quantitative estimate of drug-likeness (QED) is 0.816. The molecule has 5 nitrogen and oxygen atoms in total. The summed E-state index contributed by atoms with van der Waals surface area (Å²) in [5.74, 6) is 0.135. The molecule has 5 heteroatoms. The summed E-state index contributed by atoms with van der Waals surface area (Å²) in [4.78, 5) is 18.6. The maximum absolute atomic E-state index is 10.7. The Labute approximate surface area is 116 Å². The summed E-state index contributed by atoms with van der Waals surface area (Å²) < 4.78 is 5.66. The van der Waals surface area contributed by atoms with Crippen molar-refractivity contribution in [3.05, 3.63) is 66.3 Å². The monoisotopic (exact) mass is 270 g/mol. The van der Waals surface area contributed by atoms with Crippen molar-refractivity contribution in [3.8, 4) is 5.75 Å². The van der Waals surface area contributed by atoms with Crippen LogP contribution in [0.15, 0.2) is 49.3 Å². The molecule has 1 aromatic heterocycles. The third kappa shape index (κ3) is 3.41. The van der Waals surface area contributed by atoms with Crippen LogP contribution in [-0.4, -0.2) is 21.0 Å². The predicted molar refractivity (Wildman–Crippen MR) is 73.7 cm³/mol. The van der Waals surface area contributed by atoms with Crippen molar-refractivity contribution in [2.75, 3.05) is 0 Å². The molecule has 0 fully saturated rings. The van der Waals surface area contributed by atoms with E-state index in [4.69, 9.17) is 9.84 Å². The number of carboxylic acid groups (broad SMARTS) is 1. The summed E-state index contributed by atoms with van der Waals surface area (Å²) in [6.45, 7) is 3.89. The van der Waals surface area contributed by atoms with Crippen LogP contribution in [0.1, 0.15) is 21.7 Å². The highest BCUT2D eigenvalue weighted by molar-refractivity contribution is 5.86. The zero-order chi connectivity index (χ0) is 14.4. The second kappa shape index (κ2) is 6.47. The van der Waals surface area contributed by atoms with Gasteiger partial charge in [-0.05, 0) is 18.1 Å². The van der Waals surface area contributed by atoms with Crippen LogP contribution < -0.4 is 4.74 Å². The van der Waals surface area contributed by atoms with Crippen molar-refractivity contribution in [2.24, 2.45) is 0 Å².